The Kier molecular flexibility index (Phi) is 4.58. The van der Waals surface area contributed by atoms with E-state index < -0.39 is 0 Å². The Balaban J connectivity index is 3.01. The van der Waals surface area contributed by atoms with Crippen LogP contribution < -0.4 is 0 Å². The van der Waals surface area contributed by atoms with Gasteiger partial charge in [-0.05, 0) is 35.3 Å². The molecule has 0 aliphatic carbocycles. The Morgan fingerprint density at radius 2 is 1.81 bits per heavy atom. The van der Waals surface area contributed by atoms with Crippen LogP contribution in [0.2, 0.25) is 0 Å². The Morgan fingerprint density at radius 1 is 1.12 bits per heavy atom. The molecule has 0 fully saturated rings. The summed E-state index contributed by atoms with van der Waals surface area (Å²) in [5, 5.41) is 0. The molecule has 0 amide bonds. The number of aryl methyl sites for hydroxylation is 1. The first-order chi connectivity index (χ1) is 7.49. The fourth-order valence-electron chi connectivity index (χ4n) is 2.42. The minimum Gasteiger partial charge on any atom is -0.0654 e. The van der Waals surface area contributed by atoms with Crippen molar-refractivity contribution in [3.05, 3.63) is 35.4 Å². The zero-order valence-electron chi connectivity index (χ0n) is 11.5. The molecule has 1 aromatic carbocycles. The first-order valence-electron chi connectivity index (χ1n) is 6.57. The van der Waals surface area contributed by atoms with Gasteiger partial charge in [0.15, 0.2) is 0 Å². The summed E-state index contributed by atoms with van der Waals surface area (Å²) >= 11 is 0. The second-order valence-electron chi connectivity index (χ2n) is 5.81. The second-order valence-corrected chi connectivity index (χ2v) is 5.81. The Hall–Kier alpha value is -0.780. The molecule has 0 saturated heterocycles. The molecule has 0 N–H and O–H groups in total. The SMILES string of the molecule is CCCC(c1cccc(CC)c1)C(C)(C)C. The molecule has 16 heavy (non-hydrogen) atoms. The fraction of sp³-hybridized carbons (Fsp3) is 0.625. The van der Waals surface area contributed by atoms with Crippen LogP contribution in [0.4, 0.5) is 0 Å². The third kappa shape index (κ3) is 3.37. The molecule has 1 aromatic rings. The molecular weight excluding hydrogens is 192 g/mol. The average Bonchev–Trinajstić information content (AvgIpc) is 2.24. The Labute approximate surface area is 101 Å². The first kappa shape index (κ1) is 13.3. The van der Waals surface area contributed by atoms with Crippen LogP contribution in [0.15, 0.2) is 24.3 Å². The van der Waals surface area contributed by atoms with Crippen LogP contribution in [0.1, 0.15) is 64.5 Å². The predicted molar refractivity (Wildman–Crippen MR) is 72.9 cm³/mol. The fourth-order valence-corrected chi connectivity index (χ4v) is 2.42. The van der Waals surface area contributed by atoms with Crippen molar-refractivity contribution >= 4 is 0 Å². The van der Waals surface area contributed by atoms with Crippen LogP contribution in [0.25, 0.3) is 0 Å². The van der Waals surface area contributed by atoms with Gasteiger partial charge in [-0.15, -0.1) is 0 Å². The van der Waals surface area contributed by atoms with Crippen LogP contribution in [-0.4, -0.2) is 0 Å². The van der Waals surface area contributed by atoms with E-state index in [0.29, 0.717) is 11.3 Å². The lowest BCUT2D eigenvalue weighted by Crippen LogP contribution is -2.18. The van der Waals surface area contributed by atoms with Gasteiger partial charge in [0.25, 0.3) is 0 Å². The normalized spacial score (nSPS) is 13.8. The van der Waals surface area contributed by atoms with E-state index in [2.05, 4.69) is 58.9 Å². The number of hydrogen-bond acceptors (Lipinski definition) is 0. The summed E-state index contributed by atoms with van der Waals surface area (Å²) in [6, 6.07) is 9.13. The van der Waals surface area contributed by atoms with E-state index in [0.717, 1.165) is 6.42 Å². The van der Waals surface area contributed by atoms with Crippen molar-refractivity contribution in [2.75, 3.05) is 0 Å². The van der Waals surface area contributed by atoms with Gasteiger partial charge in [0, 0.05) is 0 Å². The predicted octanol–water partition coefficient (Wildman–Crippen LogP) is 5.18. The van der Waals surface area contributed by atoms with Crippen LogP contribution >= 0.6 is 0 Å². The van der Waals surface area contributed by atoms with E-state index in [1.807, 2.05) is 0 Å². The molecule has 0 aliphatic heterocycles. The number of benzene rings is 1. The van der Waals surface area contributed by atoms with Gasteiger partial charge in [-0.25, -0.2) is 0 Å². The minimum absolute atomic E-state index is 0.363. The molecule has 0 radical (unpaired) electrons. The molecular formula is C16H26. The highest BCUT2D eigenvalue weighted by Gasteiger charge is 2.25. The summed E-state index contributed by atoms with van der Waals surface area (Å²) in [5.41, 5.74) is 3.35. The highest BCUT2D eigenvalue weighted by molar-refractivity contribution is 5.27. The van der Waals surface area contributed by atoms with Gasteiger partial charge in [-0.2, -0.15) is 0 Å². The van der Waals surface area contributed by atoms with Gasteiger partial charge in [0.05, 0.1) is 0 Å². The largest absolute Gasteiger partial charge is 0.0654 e. The zero-order chi connectivity index (χ0) is 12.2. The summed E-state index contributed by atoms with van der Waals surface area (Å²) in [5.74, 6) is 0.684. The van der Waals surface area contributed by atoms with Crippen molar-refractivity contribution in [1.29, 1.82) is 0 Å². The molecule has 0 aliphatic rings. The number of rotatable bonds is 4. The second kappa shape index (κ2) is 5.52. The minimum atomic E-state index is 0.363. The highest BCUT2D eigenvalue weighted by atomic mass is 14.3. The molecule has 0 nitrogen and oxygen atoms in total. The third-order valence-corrected chi connectivity index (χ3v) is 3.38. The van der Waals surface area contributed by atoms with Gasteiger partial charge < -0.3 is 0 Å². The smallest absolute Gasteiger partial charge is 0.0113 e. The Bertz CT molecular complexity index is 317. The van der Waals surface area contributed by atoms with E-state index in [1.165, 1.54) is 24.0 Å². The molecule has 0 heteroatoms. The van der Waals surface area contributed by atoms with Crippen molar-refractivity contribution in [2.45, 2.75) is 59.8 Å². The molecule has 1 rings (SSSR count). The lowest BCUT2D eigenvalue weighted by molar-refractivity contribution is 0.303. The van der Waals surface area contributed by atoms with E-state index in [9.17, 15) is 0 Å². The maximum Gasteiger partial charge on any atom is -0.0113 e. The zero-order valence-corrected chi connectivity index (χ0v) is 11.5. The van der Waals surface area contributed by atoms with Crippen LogP contribution in [-0.2, 0) is 6.42 Å². The van der Waals surface area contributed by atoms with Crippen molar-refractivity contribution in [3.8, 4) is 0 Å². The number of hydrogen-bond donors (Lipinski definition) is 0. The Morgan fingerprint density at radius 3 is 2.31 bits per heavy atom. The van der Waals surface area contributed by atoms with Crippen LogP contribution in [0.3, 0.4) is 0 Å². The molecule has 1 unspecified atom stereocenters. The summed E-state index contributed by atoms with van der Waals surface area (Å²) in [6.07, 6.45) is 3.69. The molecule has 90 valence electrons. The molecule has 0 aromatic heterocycles. The molecule has 0 saturated carbocycles. The highest BCUT2D eigenvalue weighted by Crippen LogP contribution is 2.38. The standard InChI is InChI=1S/C16H26/c1-6-9-15(16(3,4)5)14-11-8-10-13(7-2)12-14/h8,10-12,15H,6-7,9H2,1-5H3. The van der Waals surface area contributed by atoms with E-state index >= 15 is 0 Å². The van der Waals surface area contributed by atoms with E-state index in [1.54, 1.807) is 0 Å². The maximum atomic E-state index is 2.39. The van der Waals surface area contributed by atoms with E-state index in [-0.39, 0.29) is 0 Å². The van der Waals surface area contributed by atoms with Gasteiger partial charge in [0.2, 0.25) is 0 Å². The lowest BCUT2D eigenvalue weighted by atomic mass is 9.74. The lowest BCUT2D eigenvalue weighted by Gasteiger charge is -2.31. The van der Waals surface area contributed by atoms with Crippen molar-refractivity contribution in [3.63, 3.8) is 0 Å². The van der Waals surface area contributed by atoms with Gasteiger partial charge in [-0.1, -0.05) is 65.3 Å². The van der Waals surface area contributed by atoms with E-state index in [4.69, 9.17) is 0 Å². The van der Waals surface area contributed by atoms with Crippen molar-refractivity contribution in [1.82, 2.24) is 0 Å². The molecule has 1 atom stereocenters. The topological polar surface area (TPSA) is 0 Å². The molecule has 0 bridgehead atoms. The monoisotopic (exact) mass is 218 g/mol. The third-order valence-electron chi connectivity index (χ3n) is 3.38. The van der Waals surface area contributed by atoms with Gasteiger partial charge in [-0.3, -0.25) is 0 Å². The summed E-state index contributed by atoms with van der Waals surface area (Å²) in [6.45, 7) is 11.6. The van der Waals surface area contributed by atoms with Crippen molar-refractivity contribution in [2.24, 2.45) is 5.41 Å². The van der Waals surface area contributed by atoms with Gasteiger partial charge >= 0.3 is 0 Å². The molecule has 0 heterocycles. The maximum absolute atomic E-state index is 2.39. The van der Waals surface area contributed by atoms with Crippen LogP contribution in [0.5, 0.6) is 0 Å². The first-order valence-corrected chi connectivity index (χ1v) is 6.57. The average molecular weight is 218 g/mol. The van der Waals surface area contributed by atoms with Crippen molar-refractivity contribution < 1.29 is 0 Å². The quantitative estimate of drug-likeness (QED) is 0.653. The summed E-state index contributed by atoms with van der Waals surface area (Å²) < 4.78 is 0. The van der Waals surface area contributed by atoms with Crippen LogP contribution in [0, 0.1) is 5.41 Å². The van der Waals surface area contributed by atoms with Gasteiger partial charge in [0.1, 0.15) is 0 Å². The summed E-state index contributed by atoms with van der Waals surface area (Å²) in [7, 11) is 0. The molecule has 0 spiro atoms. The summed E-state index contributed by atoms with van der Waals surface area (Å²) in [4.78, 5) is 0.